The van der Waals surface area contributed by atoms with Gasteiger partial charge in [0, 0.05) is 17.0 Å². The summed E-state index contributed by atoms with van der Waals surface area (Å²) < 4.78 is 1.36. The average Bonchev–Trinajstić information content (AvgIpc) is 3.09. The highest BCUT2D eigenvalue weighted by atomic mass is 35.5. The maximum absolute atomic E-state index is 12.6. The monoisotopic (exact) mass is 380 g/mol. The van der Waals surface area contributed by atoms with Crippen LogP contribution in [0.15, 0.2) is 48.1 Å². The molecular formula is C21H21ClN4O. The maximum Gasteiger partial charge on any atom is 0.272 e. The number of nitrogens with zero attached hydrogens (tertiary/aromatic N) is 4. The van der Waals surface area contributed by atoms with Crippen molar-refractivity contribution in [3.05, 3.63) is 70.7 Å². The van der Waals surface area contributed by atoms with Crippen LogP contribution in [0.3, 0.4) is 0 Å². The predicted molar refractivity (Wildman–Crippen MR) is 108 cm³/mol. The zero-order valence-corrected chi connectivity index (χ0v) is 16.0. The Kier molecular flexibility index (Phi) is 5.88. The Bertz CT molecular complexity index is 938. The van der Waals surface area contributed by atoms with Crippen LogP contribution in [0.1, 0.15) is 54.4 Å². The first kappa shape index (κ1) is 19.1. The van der Waals surface area contributed by atoms with E-state index >= 15 is 0 Å². The van der Waals surface area contributed by atoms with E-state index in [9.17, 15) is 4.79 Å². The number of carbonyl (C=O) groups excluding carboxylic acids is 1. The molecule has 0 bridgehead atoms. The van der Waals surface area contributed by atoms with Crippen molar-refractivity contribution in [3.8, 4) is 0 Å². The van der Waals surface area contributed by atoms with Gasteiger partial charge in [0.2, 0.25) is 5.91 Å². The van der Waals surface area contributed by atoms with E-state index in [1.165, 1.54) is 4.68 Å². The van der Waals surface area contributed by atoms with Gasteiger partial charge in [-0.2, -0.15) is 9.78 Å². The first-order valence-electron chi connectivity index (χ1n) is 9.02. The Morgan fingerprint density at radius 2 is 2.19 bits per heavy atom. The van der Waals surface area contributed by atoms with Crippen LogP contribution in [0.25, 0.3) is 4.85 Å². The maximum atomic E-state index is 12.6. The number of hydrogen-bond acceptors (Lipinski definition) is 3. The van der Waals surface area contributed by atoms with Gasteiger partial charge in [-0.3, -0.25) is 4.79 Å². The number of halogens is 1. The van der Waals surface area contributed by atoms with Crippen LogP contribution in [0, 0.1) is 6.57 Å². The van der Waals surface area contributed by atoms with E-state index in [2.05, 4.69) is 23.4 Å². The van der Waals surface area contributed by atoms with Crippen LogP contribution in [-0.4, -0.2) is 27.4 Å². The van der Waals surface area contributed by atoms with Gasteiger partial charge >= 0.3 is 0 Å². The fraction of sp³-hybridized carbons (Fsp3) is 0.333. The van der Waals surface area contributed by atoms with Crippen LogP contribution < -0.4 is 0 Å². The van der Waals surface area contributed by atoms with Crippen LogP contribution in [0.4, 0.5) is 5.82 Å². The molecule has 1 aliphatic rings. The fourth-order valence-electron chi connectivity index (χ4n) is 3.44. The fourth-order valence-corrected chi connectivity index (χ4v) is 3.69. The van der Waals surface area contributed by atoms with Gasteiger partial charge in [-0.15, -0.1) is 6.58 Å². The molecule has 5 nitrogen and oxygen atoms in total. The molecule has 0 spiro atoms. The van der Waals surface area contributed by atoms with E-state index in [1.807, 2.05) is 24.3 Å². The lowest BCUT2D eigenvalue weighted by molar-refractivity contribution is 0.0890. The highest BCUT2D eigenvalue weighted by Gasteiger charge is 2.42. The molecule has 6 heteroatoms. The van der Waals surface area contributed by atoms with Crippen LogP contribution >= 0.6 is 11.6 Å². The van der Waals surface area contributed by atoms with Crippen molar-refractivity contribution < 1.29 is 4.79 Å². The Hall–Kier alpha value is -2.71. The summed E-state index contributed by atoms with van der Waals surface area (Å²) in [5, 5.41) is 4.90. The standard InChI is InChI=1S/C21H21ClN4O/c1-4-6-12-18(27)26-21-15(13-24-26)19(14-10-7-8-11-16(14)22)20(23-3)17(25-21)9-5-2/h4,7-8,10-11,13,19-20H,1,5-6,9,12H2,2H3. The summed E-state index contributed by atoms with van der Waals surface area (Å²) in [4.78, 5) is 21.1. The second kappa shape index (κ2) is 8.32. The number of rotatable bonds is 6. The summed E-state index contributed by atoms with van der Waals surface area (Å²) in [6.07, 6.45) is 5.82. The minimum absolute atomic E-state index is 0.130. The first-order chi connectivity index (χ1) is 13.1. The molecule has 2 unspecified atom stereocenters. The van der Waals surface area contributed by atoms with E-state index in [4.69, 9.17) is 23.2 Å². The van der Waals surface area contributed by atoms with Crippen molar-refractivity contribution in [2.75, 3.05) is 0 Å². The van der Waals surface area contributed by atoms with Crippen molar-refractivity contribution >= 4 is 29.0 Å². The van der Waals surface area contributed by atoms with Crippen molar-refractivity contribution in [1.82, 2.24) is 9.78 Å². The molecule has 1 aliphatic heterocycles. The normalized spacial score (nSPS) is 18.3. The van der Waals surface area contributed by atoms with Crippen molar-refractivity contribution in [3.63, 3.8) is 0 Å². The van der Waals surface area contributed by atoms with Crippen LogP contribution in [0.2, 0.25) is 5.02 Å². The number of carbonyl (C=O) groups is 1. The number of allylic oxidation sites excluding steroid dienone is 1. The zero-order chi connectivity index (χ0) is 19.4. The highest BCUT2D eigenvalue weighted by molar-refractivity contribution is 6.31. The highest BCUT2D eigenvalue weighted by Crippen LogP contribution is 2.43. The summed E-state index contributed by atoms with van der Waals surface area (Å²) in [7, 11) is 0. The number of aromatic nitrogens is 2. The van der Waals surface area contributed by atoms with E-state index in [-0.39, 0.29) is 11.8 Å². The minimum atomic E-state index is -0.446. The number of aliphatic imine (C=N–C) groups is 1. The number of benzene rings is 1. The quantitative estimate of drug-likeness (QED) is 0.494. The third kappa shape index (κ3) is 3.58. The molecule has 0 fully saturated rings. The van der Waals surface area contributed by atoms with E-state index in [1.54, 1.807) is 12.3 Å². The van der Waals surface area contributed by atoms with Gasteiger partial charge in [0.1, 0.15) is 5.71 Å². The number of hydrogen-bond donors (Lipinski definition) is 0. The van der Waals surface area contributed by atoms with Gasteiger partial charge in [-0.1, -0.05) is 49.2 Å². The first-order valence-corrected chi connectivity index (χ1v) is 9.40. The molecule has 0 N–H and O–H groups in total. The summed E-state index contributed by atoms with van der Waals surface area (Å²) in [6.45, 7) is 13.5. The lowest BCUT2D eigenvalue weighted by atomic mass is 9.81. The zero-order valence-electron chi connectivity index (χ0n) is 15.2. The molecule has 2 aromatic rings. The second-order valence-electron chi connectivity index (χ2n) is 6.48. The lowest BCUT2D eigenvalue weighted by Crippen LogP contribution is -2.29. The summed E-state index contributed by atoms with van der Waals surface area (Å²) >= 11 is 6.46. The molecule has 0 saturated heterocycles. The van der Waals surface area contributed by atoms with Gasteiger partial charge in [0.05, 0.1) is 12.1 Å². The van der Waals surface area contributed by atoms with Gasteiger partial charge < -0.3 is 4.85 Å². The third-order valence-electron chi connectivity index (χ3n) is 4.70. The van der Waals surface area contributed by atoms with E-state index in [0.717, 1.165) is 23.3 Å². The predicted octanol–water partition coefficient (Wildman–Crippen LogP) is 5.45. The smallest absolute Gasteiger partial charge is 0.272 e. The molecule has 27 heavy (non-hydrogen) atoms. The molecule has 1 aromatic carbocycles. The average molecular weight is 381 g/mol. The Balaban J connectivity index is 2.16. The Morgan fingerprint density at radius 3 is 2.85 bits per heavy atom. The van der Waals surface area contributed by atoms with Crippen molar-refractivity contribution in [2.45, 2.75) is 44.6 Å². The largest absolute Gasteiger partial charge is 0.306 e. The Labute approximate surface area is 164 Å². The third-order valence-corrected chi connectivity index (χ3v) is 5.04. The molecule has 3 rings (SSSR count). The summed E-state index contributed by atoms with van der Waals surface area (Å²) in [5.74, 6) is 0.110. The van der Waals surface area contributed by atoms with Crippen LogP contribution in [-0.2, 0) is 0 Å². The molecule has 1 aromatic heterocycles. The topological polar surface area (TPSA) is 51.6 Å². The summed E-state index contributed by atoms with van der Waals surface area (Å²) in [6, 6.07) is 7.08. The molecule has 2 atom stereocenters. The van der Waals surface area contributed by atoms with Gasteiger partial charge in [-0.05, 0) is 24.5 Å². The van der Waals surface area contributed by atoms with Gasteiger partial charge in [0.25, 0.3) is 6.04 Å². The Morgan fingerprint density at radius 1 is 1.41 bits per heavy atom. The molecule has 0 radical (unpaired) electrons. The molecular weight excluding hydrogens is 360 g/mol. The summed E-state index contributed by atoms with van der Waals surface area (Å²) in [5.41, 5.74) is 2.42. The van der Waals surface area contributed by atoms with Crippen molar-refractivity contribution in [1.29, 1.82) is 0 Å². The molecule has 0 amide bonds. The molecule has 2 heterocycles. The minimum Gasteiger partial charge on any atom is -0.306 e. The van der Waals surface area contributed by atoms with Crippen molar-refractivity contribution in [2.24, 2.45) is 4.99 Å². The molecule has 138 valence electrons. The molecule has 0 aliphatic carbocycles. The SMILES string of the molecule is [C-]#[N+]C1C(CCC)=Nc2c(cnn2C(=O)CCC=C)C1c1ccccc1Cl. The van der Waals surface area contributed by atoms with Crippen LogP contribution in [0.5, 0.6) is 0 Å². The second-order valence-corrected chi connectivity index (χ2v) is 6.89. The molecule has 0 saturated carbocycles. The van der Waals surface area contributed by atoms with E-state index in [0.29, 0.717) is 30.1 Å². The number of fused-ring (bicyclic) bond motifs is 1. The van der Waals surface area contributed by atoms with E-state index < -0.39 is 6.04 Å². The van der Waals surface area contributed by atoms with Gasteiger partial charge in [0.15, 0.2) is 5.82 Å². The lowest BCUT2D eigenvalue weighted by Gasteiger charge is -2.25. The van der Waals surface area contributed by atoms with Gasteiger partial charge in [-0.25, -0.2) is 11.6 Å².